The summed E-state index contributed by atoms with van der Waals surface area (Å²) in [6.45, 7) is 0.107. The monoisotopic (exact) mass is 474 g/mol. The van der Waals surface area contributed by atoms with Crippen LogP contribution in [0.2, 0.25) is 0 Å². The van der Waals surface area contributed by atoms with Crippen LogP contribution in [0.3, 0.4) is 0 Å². The summed E-state index contributed by atoms with van der Waals surface area (Å²) in [7, 11) is 0. The van der Waals surface area contributed by atoms with Gasteiger partial charge in [0.05, 0.1) is 18.9 Å². The number of carbonyl (C=O) groups is 7. The molecule has 1 heterocycles. The van der Waals surface area contributed by atoms with Gasteiger partial charge in [-0.25, -0.2) is 4.79 Å². The number of aliphatic carboxylic acids is 4. The van der Waals surface area contributed by atoms with Gasteiger partial charge in [-0.3, -0.25) is 28.8 Å². The number of hydrogen-bond donors (Lipinski definition) is 7. The van der Waals surface area contributed by atoms with Gasteiger partial charge < -0.3 is 41.7 Å². The van der Waals surface area contributed by atoms with Crippen LogP contribution in [0.15, 0.2) is 0 Å². The smallest absolute Gasteiger partial charge is 0.326 e. The molecule has 33 heavy (non-hydrogen) atoms. The Morgan fingerprint density at radius 2 is 1.48 bits per heavy atom. The molecule has 0 aromatic carbocycles. The highest BCUT2D eigenvalue weighted by molar-refractivity contribution is 5.95. The minimum atomic E-state index is -1.82. The van der Waals surface area contributed by atoms with Gasteiger partial charge in [-0.15, -0.1) is 0 Å². The maximum absolute atomic E-state index is 12.8. The van der Waals surface area contributed by atoms with Crippen LogP contribution < -0.4 is 16.4 Å². The summed E-state index contributed by atoms with van der Waals surface area (Å²) in [6, 6.07) is -5.85. The van der Waals surface area contributed by atoms with Crippen LogP contribution in [0.4, 0.5) is 0 Å². The van der Waals surface area contributed by atoms with Crippen molar-refractivity contribution < 1.29 is 54.0 Å². The number of carboxylic acid groups (broad SMARTS) is 4. The lowest BCUT2D eigenvalue weighted by Gasteiger charge is -2.28. The summed E-state index contributed by atoms with van der Waals surface area (Å²) in [5.74, 6) is -8.51. The number of amides is 3. The van der Waals surface area contributed by atoms with Crippen molar-refractivity contribution in [2.24, 2.45) is 5.73 Å². The van der Waals surface area contributed by atoms with Gasteiger partial charge in [0.1, 0.15) is 18.1 Å². The summed E-state index contributed by atoms with van der Waals surface area (Å²) in [5, 5.41) is 39.8. The zero-order valence-corrected chi connectivity index (χ0v) is 17.4. The third-order valence-corrected chi connectivity index (χ3v) is 4.82. The van der Waals surface area contributed by atoms with E-state index in [1.807, 2.05) is 5.32 Å². The van der Waals surface area contributed by atoms with E-state index in [2.05, 4.69) is 5.32 Å². The van der Waals surface area contributed by atoms with E-state index in [0.717, 1.165) is 4.90 Å². The van der Waals surface area contributed by atoms with Crippen LogP contribution in [0, 0.1) is 0 Å². The first kappa shape index (κ1) is 27.3. The van der Waals surface area contributed by atoms with Crippen LogP contribution in [0.5, 0.6) is 0 Å². The Morgan fingerprint density at radius 3 is 2.00 bits per heavy atom. The first-order valence-corrected chi connectivity index (χ1v) is 9.88. The SMILES string of the molecule is NC(CC(=O)O)C(=O)N1CCCC1C(=O)NC(CCC(=O)O)C(=O)NC(CC(=O)O)C(=O)O. The van der Waals surface area contributed by atoms with E-state index in [0.29, 0.717) is 6.42 Å². The molecule has 1 saturated heterocycles. The predicted octanol–water partition coefficient (Wildman–Crippen LogP) is -2.83. The second-order valence-corrected chi connectivity index (χ2v) is 7.38. The molecule has 0 aromatic rings. The molecule has 0 aromatic heterocycles. The van der Waals surface area contributed by atoms with Gasteiger partial charge in [-0.05, 0) is 19.3 Å². The van der Waals surface area contributed by atoms with Crippen molar-refractivity contribution >= 4 is 41.6 Å². The van der Waals surface area contributed by atoms with E-state index in [9.17, 15) is 33.6 Å². The maximum atomic E-state index is 12.8. The van der Waals surface area contributed by atoms with Crippen molar-refractivity contribution in [2.75, 3.05) is 6.54 Å². The fourth-order valence-electron chi connectivity index (χ4n) is 3.24. The summed E-state index contributed by atoms with van der Waals surface area (Å²) in [5.41, 5.74) is 5.58. The highest BCUT2D eigenvalue weighted by Gasteiger charge is 2.38. The van der Waals surface area contributed by atoms with Crippen LogP contribution in [0.25, 0.3) is 0 Å². The molecule has 4 unspecified atom stereocenters. The molecular weight excluding hydrogens is 448 g/mol. The van der Waals surface area contributed by atoms with E-state index in [-0.39, 0.29) is 13.0 Å². The Kier molecular flexibility index (Phi) is 10.2. The highest BCUT2D eigenvalue weighted by atomic mass is 16.4. The molecule has 184 valence electrons. The maximum Gasteiger partial charge on any atom is 0.326 e. The second kappa shape index (κ2) is 12.3. The lowest BCUT2D eigenvalue weighted by molar-refractivity contribution is -0.147. The van der Waals surface area contributed by atoms with Gasteiger partial charge in [0.15, 0.2) is 0 Å². The first-order valence-electron chi connectivity index (χ1n) is 9.88. The van der Waals surface area contributed by atoms with Crippen molar-refractivity contribution in [3.63, 3.8) is 0 Å². The van der Waals surface area contributed by atoms with E-state index in [1.165, 1.54) is 0 Å². The third kappa shape index (κ3) is 8.72. The molecule has 8 N–H and O–H groups in total. The number of carboxylic acids is 4. The molecule has 1 fully saturated rings. The lowest BCUT2D eigenvalue weighted by Crippen LogP contribution is -2.57. The number of hydrogen-bond acceptors (Lipinski definition) is 8. The minimum Gasteiger partial charge on any atom is -0.481 e. The molecule has 0 bridgehead atoms. The number of likely N-dealkylation sites (tertiary alicyclic amines) is 1. The zero-order valence-electron chi connectivity index (χ0n) is 17.4. The van der Waals surface area contributed by atoms with Gasteiger partial charge in [0.25, 0.3) is 0 Å². The van der Waals surface area contributed by atoms with Crippen molar-refractivity contribution in [1.82, 2.24) is 15.5 Å². The van der Waals surface area contributed by atoms with E-state index < -0.39 is 91.4 Å². The van der Waals surface area contributed by atoms with E-state index in [1.54, 1.807) is 0 Å². The quantitative estimate of drug-likeness (QED) is 0.143. The molecule has 3 amide bonds. The molecule has 15 nitrogen and oxygen atoms in total. The van der Waals surface area contributed by atoms with Crippen LogP contribution >= 0.6 is 0 Å². The highest BCUT2D eigenvalue weighted by Crippen LogP contribution is 2.19. The topological polar surface area (TPSA) is 254 Å². The molecule has 0 aliphatic carbocycles. The van der Waals surface area contributed by atoms with Gasteiger partial charge in [0, 0.05) is 13.0 Å². The molecule has 15 heteroatoms. The summed E-state index contributed by atoms with van der Waals surface area (Å²) >= 11 is 0. The standard InChI is InChI=1S/C18H26N4O11/c19-8(6-13(25)26)17(31)22-5-1-2-11(22)16(30)20-9(3-4-12(23)24)15(29)21-10(18(32)33)7-14(27)28/h8-11H,1-7,19H2,(H,20,30)(H,21,29)(H,23,24)(H,25,26)(H,27,28)(H,32,33). The number of carbonyl (C=O) groups excluding carboxylic acids is 3. The Hall–Kier alpha value is -3.75. The molecule has 1 aliphatic heterocycles. The van der Waals surface area contributed by atoms with Crippen LogP contribution in [-0.4, -0.2) is 97.6 Å². The Morgan fingerprint density at radius 1 is 0.879 bits per heavy atom. The molecule has 1 rings (SSSR count). The third-order valence-electron chi connectivity index (χ3n) is 4.82. The molecule has 1 aliphatic rings. The summed E-state index contributed by atoms with van der Waals surface area (Å²) in [6.07, 6.45) is -2.07. The number of nitrogens with zero attached hydrogens (tertiary/aromatic N) is 1. The van der Waals surface area contributed by atoms with Crippen molar-refractivity contribution in [3.8, 4) is 0 Å². The predicted molar refractivity (Wildman–Crippen MR) is 106 cm³/mol. The average Bonchev–Trinajstić information content (AvgIpc) is 3.18. The molecule has 4 atom stereocenters. The van der Waals surface area contributed by atoms with Crippen LogP contribution in [-0.2, 0) is 33.6 Å². The molecule has 0 spiro atoms. The van der Waals surface area contributed by atoms with Crippen LogP contribution in [0.1, 0.15) is 38.5 Å². The zero-order chi connectivity index (χ0) is 25.3. The van der Waals surface area contributed by atoms with Crippen molar-refractivity contribution in [2.45, 2.75) is 62.7 Å². The first-order chi connectivity index (χ1) is 15.3. The lowest BCUT2D eigenvalue weighted by atomic mass is 10.1. The van der Waals surface area contributed by atoms with Gasteiger partial charge in [0.2, 0.25) is 17.7 Å². The Bertz CT molecular complexity index is 815. The van der Waals surface area contributed by atoms with Gasteiger partial charge in [-0.1, -0.05) is 0 Å². The average molecular weight is 474 g/mol. The largest absolute Gasteiger partial charge is 0.481 e. The van der Waals surface area contributed by atoms with Gasteiger partial charge >= 0.3 is 23.9 Å². The minimum absolute atomic E-state index is 0.107. The number of rotatable bonds is 13. The Balaban J connectivity index is 2.96. The van der Waals surface area contributed by atoms with E-state index in [4.69, 9.17) is 26.2 Å². The Labute approximate surface area is 186 Å². The number of nitrogens with two attached hydrogens (primary N) is 1. The fourth-order valence-corrected chi connectivity index (χ4v) is 3.24. The summed E-state index contributed by atoms with van der Waals surface area (Å²) in [4.78, 5) is 82.5. The van der Waals surface area contributed by atoms with Crippen molar-refractivity contribution in [1.29, 1.82) is 0 Å². The molecule has 0 saturated carbocycles. The van der Waals surface area contributed by atoms with Gasteiger partial charge in [-0.2, -0.15) is 0 Å². The summed E-state index contributed by atoms with van der Waals surface area (Å²) < 4.78 is 0. The molecular formula is C18H26N4O11. The molecule has 0 radical (unpaired) electrons. The van der Waals surface area contributed by atoms with E-state index >= 15 is 0 Å². The number of nitrogens with one attached hydrogen (secondary N) is 2. The normalized spacial score (nSPS) is 18.0. The fraction of sp³-hybridized carbons (Fsp3) is 0.611. The van der Waals surface area contributed by atoms with Crippen molar-refractivity contribution in [3.05, 3.63) is 0 Å². The second-order valence-electron chi connectivity index (χ2n) is 7.38.